The van der Waals surface area contributed by atoms with Crippen LogP contribution in [-0.4, -0.2) is 23.5 Å². The topological polar surface area (TPSA) is 92.2 Å². The summed E-state index contributed by atoms with van der Waals surface area (Å²) in [4.78, 5) is 27.1. The minimum absolute atomic E-state index is 0.0190. The number of carbonyl (C=O) groups is 2. The highest BCUT2D eigenvalue weighted by molar-refractivity contribution is 5.98. The van der Waals surface area contributed by atoms with E-state index in [-0.39, 0.29) is 18.9 Å². The van der Waals surface area contributed by atoms with Crippen LogP contribution in [0.25, 0.3) is 0 Å². The smallest absolute Gasteiger partial charge is 0.355 e. The molecule has 0 saturated heterocycles. The van der Waals surface area contributed by atoms with E-state index in [0.717, 1.165) is 0 Å². The van der Waals surface area contributed by atoms with Gasteiger partial charge in [0, 0.05) is 11.3 Å². The Bertz CT molecular complexity index is 815. The summed E-state index contributed by atoms with van der Waals surface area (Å²) < 4.78 is 10.3. The molecule has 1 N–H and O–H groups in total. The molecule has 0 radical (unpaired) electrons. The number of aryl methyl sites for hydroxylation is 1. The van der Waals surface area contributed by atoms with Gasteiger partial charge in [-0.25, -0.2) is 9.59 Å². The summed E-state index contributed by atoms with van der Waals surface area (Å²) in [5.74, 6) is -1.06. The van der Waals surface area contributed by atoms with Crippen LogP contribution in [0.4, 0.5) is 0 Å². The molecular formula is C18H18N2O4. The van der Waals surface area contributed by atoms with Crippen LogP contribution in [0.2, 0.25) is 0 Å². The monoisotopic (exact) mass is 326 g/mol. The van der Waals surface area contributed by atoms with Crippen molar-refractivity contribution < 1.29 is 19.1 Å². The Hall–Kier alpha value is -3.07. The summed E-state index contributed by atoms with van der Waals surface area (Å²) in [6, 6.07) is 8.95. The van der Waals surface area contributed by atoms with Gasteiger partial charge in [-0.05, 0) is 32.4 Å². The molecule has 6 heteroatoms. The molecule has 0 fully saturated rings. The number of aromatic amines is 1. The van der Waals surface area contributed by atoms with Crippen LogP contribution >= 0.6 is 0 Å². The molecule has 2 aromatic rings. The second-order valence-corrected chi connectivity index (χ2v) is 5.19. The lowest BCUT2D eigenvalue weighted by Crippen LogP contribution is -2.09. The van der Waals surface area contributed by atoms with Crippen molar-refractivity contribution in [2.45, 2.75) is 27.4 Å². The van der Waals surface area contributed by atoms with Gasteiger partial charge in [0.25, 0.3) is 0 Å². The SMILES string of the molecule is CCOC(=O)c1c(C)[nH]c(C(=O)OCc2ccccc2C#N)c1C. The first-order valence-corrected chi connectivity index (χ1v) is 7.51. The fourth-order valence-corrected chi connectivity index (χ4v) is 2.43. The van der Waals surface area contributed by atoms with Crippen molar-refractivity contribution in [2.24, 2.45) is 0 Å². The number of ether oxygens (including phenoxy) is 2. The third-order valence-corrected chi connectivity index (χ3v) is 3.62. The third-order valence-electron chi connectivity index (χ3n) is 3.62. The van der Waals surface area contributed by atoms with Gasteiger partial charge >= 0.3 is 11.9 Å². The maximum Gasteiger partial charge on any atom is 0.355 e. The third kappa shape index (κ3) is 3.46. The maximum absolute atomic E-state index is 12.3. The fourth-order valence-electron chi connectivity index (χ4n) is 2.43. The molecule has 0 aliphatic heterocycles. The number of nitriles is 1. The van der Waals surface area contributed by atoms with Crippen LogP contribution in [0.3, 0.4) is 0 Å². The predicted molar refractivity (Wildman–Crippen MR) is 86.5 cm³/mol. The van der Waals surface area contributed by atoms with Crippen LogP contribution in [-0.2, 0) is 16.1 Å². The van der Waals surface area contributed by atoms with E-state index in [2.05, 4.69) is 11.1 Å². The second-order valence-electron chi connectivity index (χ2n) is 5.19. The maximum atomic E-state index is 12.3. The summed E-state index contributed by atoms with van der Waals surface area (Å²) in [5.41, 5.74) is 2.68. The highest BCUT2D eigenvalue weighted by Gasteiger charge is 2.23. The van der Waals surface area contributed by atoms with E-state index in [1.165, 1.54) is 0 Å². The Labute approximate surface area is 140 Å². The summed E-state index contributed by atoms with van der Waals surface area (Å²) >= 11 is 0. The molecule has 0 spiro atoms. The van der Waals surface area contributed by atoms with Crippen molar-refractivity contribution >= 4 is 11.9 Å². The average molecular weight is 326 g/mol. The van der Waals surface area contributed by atoms with Gasteiger partial charge in [-0.2, -0.15) is 5.26 Å². The molecule has 0 saturated carbocycles. The van der Waals surface area contributed by atoms with Crippen molar-refractivity contribution in [3.63, 3.8) is 0 Å². The highest BCUT2D eigenvalue weighted by Crippen LogP contribution is 2.20. The quantitative estimate of drug-likeness (QED) is 0.853. The number of esters is 2. The van der Waals surface area contributed by atoms with Crippen LogP contribution in [0.1, 0.15) is 50.2 Å². The lowest BCUT2D eigenvalue weighted by atomic mass is 10.1. The zero-order valence-corrected chi connectivity index (χ0v) is 13.8. The number of carbonyl (C=O) groups excluding carboxylic acids is 2. The number of rotatable bonds is 5. The van der Waals surface area contributed by atoms with E-state index >= 15 is 0 Å². The van der Waals surface area contributed by atoms with Crippen LogP contribution < -0.4 is 0 Å². The van der Waals surface area contributed by atoms with Crippen LogP contribution in [0.5, 0.6) is 0 Å². The lowest BCUT2D eigenvalue weighted by Gasteiger charge is -2.06. The molecule has 24 heavy (non-hydrogen) atoms. The molecule has 2 rings (SSSR count). The summed E-state index contributed by atoms with van der Waals surface area (Å²) in [6.07, 6.45) is 0. The molecule has 0 unspecified atom stereocenters. The fraction of sp³-hybridized carbons (Fsp3) is 0.278. The van der Waals surface area contributed by atoms with E-state index in [1.54, 1.807) is 45.0 Å². The Morgan fingerprint density at radius 2 is 1.88 bits per heavy atom. The van der Waals surface area contributed by atoms with Gasteiger partial charge < -0.3 is 14.5 Å². The first-order chi connectivity index (χ1) is 11.5. The summed E-state index contributed by atoms with van der Waals surface area (Å²) in [7, 11) is 0. The number of nitrogens with one attached hydrogen (secondary N) is 1. The minimum atomic E-state index is -0.584. The first kappa shape index (κ1) is 17.3. The van der Waals surface area contributed by atoms with Gasteiger partial charge in [0.15, 0.2) is 0 Å². The number of hydrogen-bond donors (Lipinski definition) is 1. The molecular weight excluding hydrogens is 308 g/mol. The van der Waals surface area contributed by atoms with E-state index in [0.29, 0.717) is 27.9 Å². The van der Waals surface area contributed by atoms with Crippen molar-refractivity contribution in [2.75, 3.05) is 6.61 Å². The standard InChI is InChI=1S/C18H18N2O4/c1-4-23-17(21)15-11(2)16(20-12(15)3)18(22)24-10-14-8-6-5-7-13(14)9-19/h5-8,20H,4,10H2,1-3H3. The first-order valence-electron chi connectivity index (χ1n) is 7.51. The van der Waals surface area contributed by atoms with E-state index in [1.807, 2.05) is 0 Å². The average Bonchev–Trinajstić information content (AvgIpc) is 2.87. The van der Waals surface area contributed by atoms with E-state index in [4.69, 9.17) is 14.7 Å². The highest BCUT2D eigenvalue weighted by atomic mass is 16.5. The number of aromatic nitrogens is 1. The van der Waals surface area contributed by atoms with Gasteiger partial charge in [-0.15, -0.1) is 0 Å². The van der Waals surface area contributed by atoms with Crippen molar-refractivity contribution in [3.8, 4) is 6.07 Å². The summed E-state index contributed by atoms with van der Waals surface area (Å²) in [5, 5.41) is 9.05. The Kier molecular flexibility index (Phi) is 5.38. The lowest BCUT2D eigenvalue weighted by molar-refractivity contribution is 0.0465. The number of benzene rings is 1. The van der Waals surface area contributed by atoms with Gasteiger partial charge in [0.1, 0.15) is 12.3 Å². The Balaban J connectivity index is 2.18. The van der Waals surface area contributed by atoms with Gasteiger partial charge in [0.05, 0.1) is 23.8 Å². The zero-order valence-electron chi connectivity index (χ0n) is 13.8. The number of nitrogens with zero attached hydrogens (tertiary/aromatic N) is 1. The molecule has 0 atom stereocenters. The minimum Gasteiger partial charge on any atom is -0.462 e. The zero-order chi connectivity index (χ0) is 17.7. The van der Waals surface area contributed by atoms with Crippen LogP contribution in [0, 0.1) is 25.2 Å². The molecule has 6 nitrogen and oxygen atoms in total. The van der Waals surface area contributed by atoms with Crippen molar-refractivity contribution in [1.29, 1.82) is 5.26 Å². The Morgan fingerprint density at radius 1 is 1.17 bits per heavy atom. The van der Waals surface area contributed by atoms with Crippen LogP contribution in [0.15, 0.2) is 24.3 Å². The molecule has 1 heterocycles. The Morgan fingerprint density at radius 3 is 2.54 bits per heavy atom. The normalized spacial score (nSPS) is 10.1. The number of hydrogen-bond acceptors (Lipinski definition) is 5. The molecule has 0 bridgehead atoms. The summed E-state index contributed by atoms with van der Waals surface area (Å²) in [6.45, 7) is 5.32. The molecule has 1 aromatic heterocycles. The van der Waals surface area contributed by atoms with Crippen molar-refractivity contribution in [1.82, 2.24) is 4.98 Å². The van der Waals surface area contributed by atoms with E-state index in [9.17, 15) is 9.59 Å². The largest absolute Gasteiger partial charge is 0.462 e. The second kappa shape index (κ2) is 7.47. The molecule has 0 aliphatic rings. The number of H-pyrrole nitrogens is 1. The molecule has 1 aromatic carbocycles. The molecule has 0 amide bonds. The predicted octanol–water partition coefficient (Wildman–Crippen LogP) is 3.04. The van der Waals surface area contributed by atoms with Crippen molar-refractivity contribution in [3.05, 3.63) is 57.9 Å². The van der Waals surface area contributed by atoms with Gasteiger partial charge in [-0.3, -0.25) is 0 Å². The molecule has 124 valence electrons. The van der Waals surface area contributed by atoms with Gasteiger partial charge in [0.2, 0.25) is 0 Å². The molecule has 0 aliphatic carbocycles. The van der Waals surface area contributed by atoms with Gasteiger partial charge in [-0.1, -0.05) is 18.2 Å². The van der Waals surface area contributed by atoms with E-state index < -0.39 is 11.9 Å².